The van der Waals surface area contributed by atoms with Gasteiger partial charge in [-0.2, -0.15) is 12.7 Å². The Morgan fingerprint density at radius 1 is 1.33 bits per heavy atom. The summed E-state index contributed by atoms with van der Waals surface area (Å²) in [6.07, 6.45) is 0. The zero-order valence-electron chi connectivity index (χ0n) is 10.1. The minimum Gasteiger partial charge on any atom is -0.506 e. The molecule has 6 nitrogen and oxygen atoms in total. The van der Waals surface area contributed by atoms with Gasteiger partial charge in [-0.05, 0) is 18.6 Å². The first kappa shape index (κ1) is 13.1. The number of phenolic OH excluding ortho intramolecular Hbond substituents is 1. The maximum Gasteiger partial charge on any atom is 0.301 e. The van der Waals surface area contributed by atoms with Crippen LogP contribution in [0.25, 0.3) is 0 Å². The highest BCUT2D eigenvalue weighted by Crippen LogP contribution is 2.28. The molecule has 1 fully saturated rings. The number of benzene rings is 1. The first-order chi connectivity index (χ1) is 8.50. The lowest BCUT2D eigenvalue weighted by atomic mass is 10.2. The summed E-state index contributed by atoms with van der Waals surface area (Å²) in [6.45, 7) is 3.15. The summed E-state index contributed by atoms with van der Waals surface area (Å²) in [6, 6.07) is 4.85. The van der Waals surface area contributed by atoms with E-state index in [2.05, 4.69) is 4.72 Å². The third-order valence-corrected chi connectivity index (χ3v) is 4.30. The van der Waals surface area contributed by atoms with Crippen LogP contribution in [0.5, 0.6) is 5.75 Å². The molecule has 18 heavy (non-hydrogen) atoms. The van der Waals surface area contributed by atoms with Gasteiger partial charge in [-0.15, -0.1) is 0 Å². The number of aryl methyl sites for hydroxylation is 1. The van der Waals surface area contributed by atoms with E-state index in [-0.39, 0.29) is 11.4 Å². The summed E-state index contributed by atoms with van der Waals surface area (Å²) in [4.78, 5) is 0. The molecular weight excluding hydrogens is 256 g/mol. The van der Waals surface area contributed by atoms with Crippen molar-refractivity contribution in [1.29, 1.82) is 0 Å². The van der Waals surface area contributed by atoms with Gasteiger partial charge in [0.05, 0.1) is 18.9 Å². The van der Waals surface area contributed by atoms with Gasteiger partial charge >= 0.3 is 10.2 Å². The lowest BCUT2D eigenvalue weighted by Gasteiger charge is -2.26. The van der Waals surface area contributed by atoms with Gasteiger partial charge in [-0.25, -0.2) is 0 Å². The van der Waals surface area contributed by atoms with Gasteiger partial charge < -0.3 is 9.84 Å². The summed E-state index contributed by atoms with van der Waals surface area (Å²) in [7, 11) is -3.64. The van der Waals surface area contributed by atoms with Crippen molar-refractivity contribution in [3.05, 3.63) is 23.8 Å². The van der Waals surface area contributed by atoms with Crippen LogP contribution >= 0.6 is 0 Å². The van der Waals surface area contributed by atoms with Crippen molar-refractivity contribution >= 4 is 15.9 Å². The molecule has 1 saturated heterocycles. The van der Waals surface area contributed by atoms with Crippen LogP contribution in [-0.2, 0) is 14.9 Å². The SMILES string of the molecule is Cc1cccc(O)c1NS(=O)(=O)N1CCOCC1. The van der Waals surface area contributed by atoms with Crippen LogP contribution in [0.4, 0.5) is 5.69 Å². The fourth-order valence-corrected chi connectivity index (χ4v) is 3.05. The molecule has 1 aromatic rings. The van der Waals surface area contributed by atoms with Crippen LogP contribution in [0.15, 0.2) is 18.2 Å². The van der Waals surface area contributed by atoms with Crippen molar-refractivity contribution in [2.45, 2.75) is 6.92 Å². The summed E-state index contributed by atoms with van der Waals surface area (Å²) in [5.41, 5.74) is 0.899. The lowest BCUT2D eigenvalue weighted by molar-refractivity contribution is 0.0733. The van der Waals surface area contributed by atoms with Crippen LogP contribution in [0.2, 0.25) is 0 Å². The van der Waals surface area contributed by atoms with Crippen LogP contribution in [0.1, 0.15) is 5.56 Å². The Balaban J connectivity index is 2.22. The number of hydrogen-bond donors (Lipinski definition) is 2. The molecule has 0 saturated carbocycles. The number of phenols is 1. The van der Waals surface area contributed by atoms with Crippen molar-refractivity contribution in [3.8, 4) is 5.75 Å². The third kappa shape index (κ3) is 2.74. The van der Waals surface area contributed by atoms with Crippen molar-refractivity contribution in [1.82, 2.24) is 4.31 Å². The summed E-state index contributed by atoms with van der Waals surface area (Å²) >= 11 is 0. The molecular formula is C11H16N2O4S. The largest absolute Gasteiger partial charge is 0.506 e. The number of aromatic hydroxyl groups is 1. The number of hydrogen-bond acceptors (Lipinski definition) is 4. The van der Waals surface area contributed by atoms with Crippen molar-refractivity contribution < 1.29 is 18.3 Å². The van der Waals surface area contributed by atoms with E-state index in [1.807, 2.05) is 0 Å². The summed E-state index contributed by atoms with van der Waals surface area (Å²) in [5, 5.41) is 9.68. The molecule has 7 heteroatoms. The Morgan fingerprint density at radius 2 is 2.00 bits per heavy atom. The predicted octanol–water partition coefficient (Wildman–Crippen LogP) is 0.690. The van der Waals surface area contributed by atoms with Crippen molar-refractivity contribution in [2.75, 3.05) is 31.0 Å². The average molecular weight is 272 g/mol. The summed E-state index contributed by atoms with van der Waals surface area (Å²) < 4.78 is 33.0. The van der Waals surface area contributed by atoms with Gasteiger partial charge in [0.1, 0.15) is 5.75 Å². The molecule has 1 aliphatic rings. The van der Waals surface area contributed by atoms with Crippen LogP contribution in [0.3, 0.4) is 0 Å². The van der Waals surface area contributed by atoms with Gasteiger partial charge in [-0.1, -0.05) is 12.1 Å². The highest BCUT2D eigenvalue weighted by molar-refractivity contribution is 7.90. The van der Waals surface area contributed by atoms with E-state index in [0.717, 1.165) is 0 Å². The molecule has 100 valence electrons. The molecule has 0 spiro atoms. The van der Waals surface area contributed by atoms with Crippen LogP contribution in [0, 0.1) is 6.92 Å². The van der Waals surface area contributed by atoms with Gasteiger partial charge in [0.25, 0.3) is 0 Å². The Kier molecular flexibility index (Phi) is 3.74. The predicted molar refractivity (Wildman–Crippen MR) is 67.8 cm³/mol. The first-order valence-corrected chi connectivity index (χ1v) is 7.09. The van der Waals surface area contributed by atoms with E-state index in [1.54, 1.807) is 19.1 Å². The van der Waals surface area contributed by atoms with E-state index >= 15 is 0 Å². The number of nitrogens with zero attached hydrogens (tertiary/aromatic N) is 1. The summed E-state index contributed by atoms with van der Waals surface area (Å²) in [5.74, 6) is -0.0770. The second kappa shape index (κ2) is 5.13. The Hall–Kier alpha value is -1.31. The van der Waals surface area contributed by atoms with Crippen molar-refractivity contribution in [3.63, 3.8) is 0 Å². The molecule has 0 unspecified atom stereocenters. The Bertz CT molecular complexity index is 504. The monoisotopic (exact) mass is 272 g/mol. The lowest BCUT2D eigenvalue weighted by Crippen LogP contribution is -2.43. The number of nitrogens with one attached hydrogen (secondary N) is 1. The molecule has 2 rings (SSSR count). The number of ether oxygens (including phenoxy) is 1. The normalized spacial score (nSPS) is 17.6. The minimum absolute atomic E-state index is 0.0770. The fraction of sp³-hybridized carbons (Fsp3) is 0.455. The average Bonchev–Trinajstić information content (AvgIpc) is 2.35. The Morgan fingerprint density at radius 3 is 2.61 bits per heavy atom. The molecule has 0 aromatic heterocycles. The minimum atomic E-state index is -3.64. The van der Waals surface area contributed by atoms with E-state index in [4.69, 9.17) is 4.74 Å². The number of morpholine rings is 1. The van der Waals surface area contributed by atoms with Crippen LogP contribution < -0.4 is 4.72 Å². The maximum atomic E-state index is 12.1. The molecule has 0 aliphatic carbocycles. The molecule has 1 heterocycles. The highest BCUT2D eigenvalue weighted by atomic mass is 32.2. The fourth-order valence-electron chi connectivity index (χ4n) is 1.77. The molecule has 0 amide bonds. The van der Waals surface area contributed by atoms with E-state index in [0.29, 0.717) is 31.9 Å². The molecule has 1 aromatic carbocycles. The molecule has 0 atom stereocenters. The molecule has 2 N–H and O–H groups in total. The van der Waals surface area contributed by atoms with Gasteiger partial charge in [0.15, 0.2) is 0 Å². The second-order valence-electron chi connectivity index (χ2n) is 4.09. The number of anilines is 1. The highest BCUT2D eigenvalue weighted by Gasteiger charge is 2.25. The molecule has 0 bridgehead atoms. The quantitative estimate of drug-likeness (QED) is 0.793. The van der Waals surface area contributed by atoms with E-state index in [9.17, 15) is 13.5 Å². The van der Waals surface area contributed by atoms with Crippen LogP contribution in [-0.4, -0.2) is 44.1 Å². The van der Waals surface area contributed by atoms with Gasteiger partial charge in [0.2, 0.25) is 0 Å². The first-order valence-electron chi connectivity index (χ1n) is 5.65. The van der Waals surface area contributed by atoms with E-state index in [1.165, 1.54) is 10.4 Å². The zero-order valence-corrected chi connectivity index (χ0v) is 10.9. The standard InChI is InChI=1S/C11H16N2O4S/c1-9-3-2-4-10(14)11(9)12-18(15,16)13-5-7-17-8-6-13/h2-4,12,14H,5-8H2,1H3. The van der Waals surface area contributed by atoms with Crippen molar-refractivity contribution in [2.24, 2.45) is 0 Å². The molecule has 1 aliphatic heterocycles. The third-order valence-electron chi connectivity index (χ3n) is 2.79. The van der Waals surface area contributed by atoms with Gasteiger partial charge in [-0.3, -0.25) is 4.72 Å². The maximum absolute atomic E-state index is 12.1. The smallest absolute Gasteiger partial charge is 0.301 e. The molecule has 0 radical (unpaired) electrons. The van der Waals surface area contributed by atoms with E-state index < -0.39 is 10.2 Å². The number of para-hydroxylation sites is 1. The Labute approximate surface area is 106 Å². The number of rotatable bonds is 3. The zero-order chi connectivity index (χ0) is 13.2. The topological polar surface area (TPSA) is 78.9 Å². The second-order valence-corrected chi connectivity index (χ2v) is 5.76. The van der Waals surface area contributed by atoms with Gasteiger partial charge in [0, 0.05) is 13.1 Å².